The number of urea groups is 1. The predicted octanol–water partition coefficient (Wildman–Crippen LogP) is 3.03. The van der Waals surface area contributed by atoms with Gasteiger partial charge in [-0.1, -0.05) is 12.1 Å². The molecule has 0 spiro atoms. The number of carbonyl (C=O) groups excluding carboxylic acids is 2. The van der Waals surface area contributed by atoms with Gasteiger partial charge >= 0.3 is 12.0 Å². The van der Waals surface area contributed by atoms with Crippen molar-refractivity contribution in [1.82, 2.24) is 0 Å². The fourth-order valence-corrected chi connectivity index (χ4v) is 4.08. The van der Waals surface area contributed by atoms with Gasteiger partial charge in [0.1, 0.15) is 23.8 Å². The predicted molar refractivity (Wildman–Crippen MR) is 110 cm³/mol. The van der Waals surface area contributed by atoms with Gasteiger partial charge in [0, 0.05) is 17.2 Å². The van der Waals surface area contributed by atoms with Crippen molar-refractivity contribution in [3.05, 3.63) is 53.8 Å². The minimum Gasteiger partial charge on any atom is -0.487 e. The normalized spacial score (nSPS) is 23.8. The van der Waals surface area contributed by atoms with E-state index in [0.29, 0.717) is 17.9 Å². The number of hydrogen-bond donors (Lipinski definition) is 3. The van der Waals surface area contributed by atoms with Gasteiger partial charge < -0.3 is 30.0 Å². The van der Waals surface area contributed by atoms with Crippen molar-refractivity contribution in [3.63, 3.8) is 0 Å². The standard InChI is InChI=1S/C22H23FN2O6/c1-29-20(27)10-13-9-15-14-8-12(6-7-18(14)31-21(15)19(11-26)30-13)24-22(28)25-17-5-3-2-4-16(17)23/h2-8,13,15,19,21,26H,9-11H2,1H3,(H2,24,25,28)/t13-,15+,19+,21-/m1/s1. The molecule has 3 N–H and O–H groups in total. The van der Waals surface area contributed by atoms with Crippen LogP contribution in [0.3, 0.4) is 0 Å². The summed E-state index contributed by atoms with van der Waals surface area (Å²) >= 11 is 0. The molecule has 0 aromatic heterocycles. The molecule has 0 bridgehead atoms. The van der Waals surface area contributed by atoms with Gasteiger partial charge in [0.25, 0.3) is 0 Å². The van der Waals surface area contributed by atoms with Crippen LogP contribution in [0, 0.1) is 5.82 Å². The Morgan fingerprint density at radius 2 is 2.03 bits per heavy atom. The van der Waals surface area contributed by atoms with Gasteiger partial charge in [0.05, 0.1) is 31.9 Å². The highest BCUT2D eigenvalue weighted by Crippen LogP contribution is 2.47. The van der Waals surface area contributed by atoms with E-state index in [9.17, 15) is 19.1 Å². The number of carbonyl (C=O) groups is 2. The van der Waals surface area contributed by atoms with Gasteiger partial charge in [-0.15, -0.1) is 0 Å². The molecule has 1 fully saturated rings. The molecule has 2 amide bonds. The second kappa shape index (κ2) is 8.91. The first-order valence-electron chi connectivity index (χ1n) is 9.94. The van der Waals surface area contributed by atoms with E-state index in [0.717, 1.165) is 5.56 Å². The molecule has 8 nitrogen and oxygen atoms in total. The highest BCUT2D eigenvalue weighted by molar-refractivity contribution is 5.99. The van der Waals surface area contributed by atoms with Crippen LogP contribution >= 0.6 is 0 Å². The van der Waals surface area contributed by atoms with E-state index in [4.69, 9.17) is 14.2 Å². The first-order valence-corrected chi connectivity index (χ1v) is 9.94. The van der Waals surface area contributed by atoms with Crippen LogP contribution in [0.1, 0.15) is 24.3 Å². The maximum absolute atomic E-state index is 13.8. The number of ether oxygens (including phenoxy) is 3. The van der Waals surface area contributed by atoms with Crippen LogP contribution in [0.4, 0.5) is 20.6 Å². The zero-order valence-electron chi connectivity index (χ0n) is 16.8. The topological polar surface area (TPSA) is 106 Å². The first-order chi connectivity index (χ1) is 15.0. The number of benzene rings is 2. The molecule has 2 heterocycles. The largest absolute Gasteiger partial charge is 0.487 e. The van der Waals surface area contributed by atoms with Crippen molar-refractivity contribution < 1.29 is 33.3 Å². The fraction of sp³-hybridized carbons (Fsp3) is 0.364. The number of hydrogen-bond acceptors (Lipinski definition) is 6. The zero-order valence-corrected chi connectivity index (χ0v) is 16.8. The van der Waals surface area contributed by atoms with Gasteiger partial charge in [-0.25, -0.2) is 9.18 Å². The van der Waals surface area contributed by atoms with E-state index >= 15 is 0 Å². The Hall–Kier alpha value is -3.17. The van der Waals surface area contributed by atoms with Crippen molar-refractivity contribution in [1.29, 1.82) is 0 Å². The van der Waals surface area contributed by atoms with Crippen molar-refractivity contribution in [2.45, 2.75) is 37.1 Å². The van der Waals surface area contributed by atoms with E-state index in [1.807, 2.05) is 0 Å². The maximum atomic E-state index is 13.8. The third-order valence-corrected chi connectivity index (χ3v) is 5.50. The number of rotatable bonds is 5. The van der Waals surface area contributed by atoms with Crippen molar-refractivity contribution in [3.8, 4) is 5.75 Å². The summed E-state index contributed by atoms with van der Waals surface area (Å²) in [6.07, 6.45) is -0.804. The summed E-state index contributed by atoms with van der Waals surface area (Å²) < 4.78 is 30.3. The molecule has 1 saturated heterocycles. The second-order valence-corrected chi connectivity index (χ2v) is 7.50. The Morgan fingerprint density at radius 3 is 2.77 bits per heavy atom. The number of aliphatic hydroxyl groups excluding tert-OH is 1. The molecule has 0 unspecified atom stereocenters. The summed E-state index contributed by atoms with van der Waals surface area (Å²) in [6, 6.07) is 10.5. The minimum absolute atomic E-state index is 0.0745. The zero-order chi connectivity index (χ0) is 22.0. The van der Waals surface area contributed by atoms with E-state index < -0.39 is 30.2 Å². The van der Waals surface area contributed by atoms with Crippen LogP contribution in [0.5, 0.6) is 5.75 Å². The number of esters is 1. The Balaban J connectivity index is 1.49. The summed E-state index contributed by atoms with van der Waals surface area (Å²) in [5, 5.41) is 14.9. The molecule has 9 heteroatoms. The summed E-state index contributed by atoms with van der Waals surface area (Å²) in [5.74, 6) is -0.404. The number of methoxy groups -OCH3 is 1. The number of amides is 2. The fourth-order valence-electron chi connectivity index (χ4n) is 4.08. The van der Waals surface area contributed by atoms with Crippen LogP contribution in [-0.2, 0) is 14.3 Å². The molecule has 2 aromatic carbocycles. The van der Waals surface area contributed by atoms with E-state index in [-0.39, 0.29) is 30.6 Å². The van der Waals surface area contributed by atoms with Crippen LogP contribution in [0.15, 0.2) is 42.5 Å². The number of aliphatic hydroxyl groups is 1. The van der Waals surface area contributed by atoms with Crippen LogP contribution in [0.2, 0.25) is 0 Å². The highest BCUT2D eigenvalue weighted by atomic mass is 19.1. The molecule has 31 heavy (non-hydrogen) atoms. The number of halogens is 1. The average molecular weight is 430 g/mol. The lowest BCUT2D eigenvalue weighted by Crippen LogP contribution is -2.46. The number of anilines is 2. The molecule has 4 atom stereocenters. The van der Waals surface area contributed by atoms with Gasteiger partial charge in [-0.2, -0.15) is 0 Å². The molecule has 4 rings (SSSR count). The number of fused-ring (bicyclic) bond motifs is 3. The molecule has 0 saturated carbocycles. The van der Waals surface area contributed by atoms with E-state index in [2.05, 4.69) is 10.6 Å². The van der Waals surface area contributed by atoms with Crippen molar-refractivity contribution in [2.24, 2.45) is 0 Å². The molecule has 2 aliphatic rings. The Bertz CT molecular complexity index is 984. The maximum Gasteiger partial charge on any atom is 0.323 e. The highest BCUT2D eigenvalue weighted by Gasteiger charge is 2.46. The quantitative estimate of drug-likeness (QED) is 0.630. The number of para-hydroxylation sites is 1. The molecule has 0 aliphatic carbocycles. The summed E-state index contributed by atoms with van der Waals surface area (Å²) in [7, 11) is 1.32. The second-order valence-electron chi connectivity index (χ2n) is 7.50. The van der Waals surface area contributed by atoms with Crippen LogP contribution in [-0.4, -0.2) is 49.1 Å². The lowest BCUT2D eigenvalue weighted by molar-refractivity contribution is -0.156. The van der Waals surface area contributed by atoms with Crippen LogP contribution < -0.4 is 15.4 Å². The molecular formula is C22H23FN2O6. The monoisotopic (exact) mass is 430 g/mol. The SMILES string of the molecule is COC(=O)C[C@H]1C[C@H]2c3cc(NC(=O)Nc4ccccc4F)ccc3O[C@H]2[C@H](CO)O1. The Labute approximate surface area is 178 Å². The smallest absolute Gasteiger partial charge is 0.323 e. The Kier molecular flexibility index (Phi) is 6.06. The van der Waals surface area contributed by atoms with E-state index in [1.54, 1.807) is 24.3 Å². The third kappa shape index (κ3) is 4.47. The van der Waals surface area contributed by atoms with Crippen molar-refractivity contribution >= 4 is 23.4 Å². The molecule has 0 radical (unpaired) electrons. The van der Waals surface area contributed by atoms with E-state index in [1.165, 1.54) is 25.3 Å². The molecule has 2 aromatic rings. The summed E-state index contributed by atoms with van der Waals surface area (Å²) in [5.41, 5.74) is 1.43. The minimum atomic E-state index is -0.582. The van der Waals surface area contributed by atoms with Gasteiger partial charge in [0.15, 0.2) is 0 Å². The molecule has 2 aliphatic heterocycles. The lowest BCUT2D eigenvalue weighted by atomic mass is 9.84. The van der Waals surface area contributed by atoms with Gasteiger partial charge in [-0.3, -0.25) is 4.79 Å². The summed E-state index contributed by atoms with van der Waals surface area (Å²) in [6.45, 7) is -0.247. The summed E-state index contributed by atoms with van der Waals surface area (Å²) in [4.78, 5) is 24.0. The van der Waals surface area contributed by atoms with Gasteiger partial charge in [0.2, 0.25) is 0 Å². The molecule has 164 valence electrons. The Morgan fingerprint density at radius 1 is 1.23 bits per heavy atom. The van der Waals surface area contributed by atoms with Crippen molar-refractivity contribution in [2.75, 3.05) is 24.4 Å². The van der Waals surface area contributed by atoms with Gasteiger partial charge in [-0.05, 0) is 36.8 Å². The lowest BCUT2D eigenvalue weighted by Gasteiger charge is -2.36. The third-order valence-electron chi connectivity index (χ3n) is 5.50. The average Bonchev–Trinajstić information content (AvgIpc) is 3.12. The molecular weight excluding hydrogens is 407 g/mol. The first kappa shape index (κ1) is 21.1. The van der Waals surface area contributed by atoms with Crippen LogP contribution in [0.25, 0.3) is 0 Å². The number of nitrogens with one attached hydrogen (secondary N) is 2.